The number of hydrogen-bond acceptors (Lipinski definition) is 3. The van der Waals surface area contributed by atoms with E-state index in [9.17, 15) is 9.90 Å². The molecule has 1 N–H and O–H groups in total. The van der Waals surface area contributed by atoms with Crippen molar-refractivity contribution in [1.82, 2.24) is 14.7 Å². The molecule has 0 radical (unpaired) electrons. The Morgan fingerprint density at radius 2 is 2.00 bits per heavy atom. The Bertz CT molecular complexity index is 480. The summed E-state index contributed by atoms with van der Waals surface area (Å²) < 4.78 is 1.72. The van der Waals surface area contributed by atoms with Crippen LogP contribution >= 0.6 is 0 Å². The Labute approximate surface area is 120 Å². The topological polar surface area (TPSA) is 58.4 Å². The number of aliphatic hydroxyl groups excluding tert-OH is 1. The molecule has 20 heavy (non-hydrogen) atoms. The molecule has 0 saturated carbocycles. The Balaban J connectivity index is 2.18. The Morgan fingerprint density at radius 1 is 1.40 bits per heavy atom. The van der Waals surface area contributed by atoms with Gasteiger partial charge in [0.1, 0.15) is 0 Å². The lowest BCUT2D eigenvalue weighted by Crippen LogP contribution is -2.39. The third-order valence-corrected chi connectivity index (χ3v) is 3.93. The fraction of sp³-hybridized carbons (Fsp3) is 0.733. The normalized spacial score (nSPS) is 17.6. The fourth-order valence-electron chi connectivity index (χ4n) is 2.69. The number of aliphatic hydroxyl groups is 1. The summed E-state index contributed by atoms with van der Waals surface area (Å²) in [5.41, 5.74) is 1.42. The van der Waals surface area contributed by atoms with Gasteiger partial charge >= 0.3 is 0 Å². The fourth-order valence-corrected chi connectivity index (χ4v) is 2.69. The number of nitrogens with zero attached hydrogens (tertiary/aromatic N) is 3. The van der Waals surface area contributed by atoms with Crippen LogP contribution in [0.3, 0.4) is 0 Å². The minimum Gasteiger partial charge on any atom is -0.396 e. The van der Waals surface area contributed by atoms with Crippen molar-refractivity contribution in [2.75, 3.05) is 19.7 Å². The van der Waals surface area contributed by atoms with Crippen molar-refractivity contribution in [3.8, 4) is 0 Å². The highest BCUT2D eigenvalue weighted by atomic mass is 16.3. The lowest BCUT2D eigenvalue weighted by Gasteiger charge is -2.31. The van der Waals surface area contributed by atoms with Gasteiger partial charge in [0.25, 0.3) is 5.91 Å². The molecular weight excluding hydrogens is 254 g/mol. The van der Waals surface area contributed by atoms with Crippen LogP contribution in [0.1, 0.15) is 49.7 Å². The number of carbonyl (C=O) groups is 1. The summed E-state index contributed by atoms with van der Waals surface area (Å²) in [5, 5.41) is 13.6. The van der Waals surface area contributed by atoms with Crippen LogP contribution in [0.2, 0.25) is 0 Å². The van der Waals surface area contributed by atoms with Gasteiger partial charge in [0.2, 0.25) is 0 Å². The van der Waals surface area contributed by atoms with Crippen molar-refractivity contribution in [2.24, 2.45) is 13.0 Å². The highest BCUT2D eigenvalue weighted by Gasteiger charge is 2.30. The molecule has 2 heterocycles. The summed E-state index contributed by atoms with van der Waals surface area (Å²) in [7, 11) is 1.85. The average molecular weight is 279 g/mol. The number of hydrogen-bond donors (Lipinski definition) is 1. The number of rotatable bonds is 2. The summed E-state index contributed by atoms with van der Waals surface area (Å²) in [4.78, 5) is 14.6. The number of aryl methyl sites for hydroxylation is 1. The van der Waals surface area contributed by atoms with E-state index in [1.807, 2.05) is 18.1 Å². The Morgan fingerprint density at radius 3 is 2.50 bits per heavy atom. The van der Waals surface area contributed by atoms with Gasteiger partial charge in [0, 0.05) is 38.4 Å². The third kappa shape index (κ3) is 3.03. The second kappa shape index (κ2) is 5.56. The molecule has 5 nitrogen and oxygen atoms in total. The summed E-state index contributed by atoms with van der Waals surface area (Å²) in [6.45, 7) is 7.89. The first-order chi connectivity index (χ1) is 9.32. The van der Waals surface area contributed by atoms with E-state index in [-0.39, 0.29) is 17.9 Å². The molecule has 1 aliphatic heterocycles. The second-order valence-corrected chi connectivity index (χ2v) is 6.73. The van der Waals surface area contributed by atoms with Crippen LogP contribution in [0, 0.1) is 5.92 Å². The highest BCUT2D eigenvalue weighted by Crippen LogP contribution is 2.26. The van der Waals surface area contributed by atoms with Crippen LogP contribution in [0.15, 0.2) is 6.20 Å². The first kappa shape index (κ1) is 15.0. The summed E-state index contributed by atoms with van der Waals surface area (Å²) in [6.07, 6.45) is 3.59. The lowest BCUT2D eigenvalue weighted by atomic mass is 9.89. The number of piperidine rings is 1. The molecule has 5 heteroatoms. The Hall–Kier alpha value is -1.36. The molecule has 112 valence electrons. The predicted octanol–water partition coefficient (Wildman–Crippen LogP) is 1.56. The standard InChI is InChI=1S/C15H25N3O2/c1-15(2,3)13-12(9-17(4)16-13)14(20)18-7-5-11(10-19)6-8-18/h9,11,19H,5-8,10H2,1-4H3. The van der Waals surface area contributed by atoms with Gasteiger partial charge in [0.15, 0.2) is 0 Å². The largest absolute Gasteiger partial charge is 0.396 e. The smallest absolute Gasteiger partial charge is 0.257 e. The van der Waals surface area contributed by atoms with E-state index in [1.54, 1.807) is 4.68 Å². The van der Waals surface area contributed by atoms with Gasteiger partial charge in [-0.05, 0) is 18.8 Å². The van der Waals surface area contributed by atoms with Crippen LogP contribution in [0.5, 0.6) is 0 Å². The predicted molar refractivity (Wildman–Crippen MR) is 77.6 cm³/mol. The highest BCUT2D eigenvalue weighted by molar-refractivity contribution is 5.95. The van der Waals surface area contributed by atoms with Gasteiger partial charge in [-0.15, -0.1) is 0 Å². The molecule has 1 saturated heterocycles. The number of carbonyl (C=O) groups excluding carboxylic acids is 1. The van der Waals surface area contributed by atoms with Gasteiger partial charge in [-0.3, -0.25) is 9.48 Å². The molecular formula is C15H25N3O2. The molecule has 1 fully saturated rings. The maximum absolute atomic E-state index is 12.7. The van der Waals surface area contributed by atoms with E-state index in [4.69, 9.17) is 0 Å². The molecule has 0 aliphatic carbocycles. The zero-order valence-electron chi connectivity index (χ0n) is 12.9. The minimum absolute atomic E-state index is 0.0689. The first-order valence-electron chi connectivity index (χ1n) is 7.27. The van der Waals surface area contributed by atoms with E-state index in [0.717, 1.165) is 31.6 Å². The number of amides is 1. The summed E-state index contributed by atoms with van der Waals surface area (Å²) in [6, 6.07) is 0. The van der Waals surface area contributed by atoms with Crippen LogP contribution in [0.25, 0.3) is 0 Å². The molecule has 1 aliphatic rings. The molecule has 0 spiro atoms. The molecule has 0 unspecified atom stereocenters. The van der Waals surface area contributed by atoms with Crippen LogP contribution in [-0.4, -0.2) is 45.4 Å². The van der Waals surface area contributed by atoms with Crippen molar-refractivity contribution in [3.63, 3.8) is 0 Å². The Kier molecular flexibility index (Phi) is 4.18. The van der Waals surface area contributed by atoms with Crippen LogP contribution in [-0.2, 0) is 12.5 Å². The van der Waals surface area contributed by atoms with E-state index in [0.29, 0.717) is 11.5 Å². The molecule has 0 bridgehead atoms. The van der Waals surface area contributed by atoms with Crippen molar-refractivity contribution in [1.29, 1.82) is 0 Å². The first-order valence-corrected chi connectivity index (χ1v) is 7.27. The van der Waals surface area contributed by atoms with Gasteiger partial charge in [0.05, 0.1) is 11.3 Å². The third-order valence-electron chi connectivity index (χ3n) is 3.93. The van der Waals surface area contributed by atoms with Crippen LogP contribution in [0.4, 0.5) is 0 Å². The number of likely N-dealkylation sites (tertiary alicyclic amines) is 1. The van der Waals surface area contributed by atoms with Crippen LogP contribution < -0.4 is 0 Å². The maximum atomic E-state index is 12.7. The number of aromatic nitrogens is 2. The van der Waals surface area contributed by atoms with E-state index >= 15 is 0 Å². The zero-order valence-corrected chi connectivity index (χ0v) is 12.9. The van der Waals surface area contributed by atoms with Crippen molar-refractivity contribution >= 4 is 5.91 Å². The molecule has 1 aromatic rings. The van der Waals surface area contributed by atoms with Crippen molar-refractivity contribution < 1.29 is 9.90 Å². The average Bonchev–Trinajstić information content (AvgIpc) is 2.80. The van der Waals surface area contributed by atoms with Gasteiger partial charge in [-0.25, -0.2) is 0 Å². The van der Waals surface area contributed by atoms with Gasteiger partial charge in [-0.2, -0.15) is 5.10 Å². The molecule has 0 aromatic carbocycles. The molecule has 1 aromatic heterocycles. The second-order valence-electron chi connectivity index (χ2n) is 6.73. The molecule has 1 amide bonds. The van der Waals surface area contributed by atoms with E-state index in [2.05, 4.69) is 25.9 Å². The van der Waals surface area contributed by atoms with Gasteiger partial charge in [-0.1, -0.05) is 20.8 Å². The molecule has 2 rings (SSSR count). The zero-order chi connectivity index (χ0) is 14.9. The van der Waals surface area contributed by atoms with E-state index in [1.165, 1.54) is 0 Å². The van der Waals surface area contributed by atoms with Crippen molar-refractivity contribution in [2.45, 2.75) is 39.0 Å². The SMILES string of the molecule is Cn1cc(C(=O)N2CCC(CO)CC2)c(C(C)(C)C)n1. The van der Waals surface area contributed by atoms with Crippen molar-refractivity contribution in [3.05, 3.63) is 17.5 Å². The minimum atomic E-state index is -0.143. The van der Waals surface area contributed by atoms with E-state index < -0.39 is 0 Å². The monoisotopic (exact) mass is 279 g/mol. The summed E-state index contributed by atoms with van der Waals surface area (Å²) in [5.74, 6) is 0.412. The lowest BCUT2D eigenvalue weighted by molar-refractivity contribution is 0.0648. The van der Waals surface area contributed by atoms with Gasteiger partial charge < -0.3 is 10.0 Å². The summed E-state index contributed by atoms with van der Waals surface area (Å²) >= 11 is 0. The quantitative estimate of drug-likeness (QED) is 0.894. The molecule has 0 atom stereocenters. The maximum Gasteiger partial charge on any atom is 0.257 e.